The summed E-state index contributed by atoms with van der Waals surface area (Å²) in [7, 11) is 0. The lowest BCUT2D eigenvalue weighted by atomic mass is 10.1. The fourth-order valence-corrected chi connectivity index (χ4v) is 2.05. The SMILES string of the molecule is Cc1cc2c(Oc3ccc(N)c(F)c3)ccnc2cc1O. The second kappa shape index (κ2) is 4.94. The van der Waals surface area contributed by atoms with Gasteiger partial charge in [-0.05, 0) is 36.8 Å². The van der Waals surface area contributed by atoms with Gasteiger partial charge in [0.1, 0.15) is 23.1 Å². The number of halogens is 1. The fraction of sp³-hybridized carbons (Fsp3) is 0.0625. The number of benzene rings is 2. The lowest BCUT2D eigenvalue weighted by Gasteiger charge is -2.10. The molecule has 0 saturated carbocycles. The highest BCUT2D eigenvalue weighted by molar-refractivity contribution is 5.87. The number of ether oxygens (including phenoxy) is 1. The minimum absolute atomic E-state index is 0.0719. The number of fused-ring (bicyclic) bond motifs is 1. The lowest BCUT2D eigenvalue weighted by Crippen LogP contribution is -1.92. The number of nitrogens with zero attached hydrogens (tertiary/aromatic N) is 1. The average molecular weight is 284 g/mol. The third-order valence-electron chi connectivity index (χ3n) is 3.22. The number of pyridine rings is 1. The van der Waals surface area contributed by atoms with Crippen LogP contribution in [0.3, 0.4) is 0 Å². The van der Waals surface area contributed by atoms with Crippen LogP contribution in [-0.4, -0.2) is 10.1 Å². The molecule has 2 aromatic carbocycles. The molecule has 3 aromatic rings. The summed E-state index contributed by atoms with van der Waals surface area (Å²) >= 11 is 0. The second-order valence-corrected chi connectivity index (χ2v) is 4.75. The number of aromatic nitrogens is 1. The number of rotatable bonds is 2. The molecule has 0 radical (unpaired) electrons. The number of aryl methyl sites for hydroxylation is 1. The first-order chi connectivity index (χ1) is 10.0. The minimum atomic E-state index is -0.528. The highest BCUT2D eigenvalue weighted by Gasteiger charge is 2.09. The van der Waals surface area contributed by atoms with Crippen molar-refractivity contribution in [2.24, 2.45) is 0 Å². The van der Waals surface area contributed by atoms with Crippen LogP contribution >= 0.6 is 0 Å². The van der Waals surface area contributed by atoms with E-state index in [2.05, 4.69) is 4.98 Å². The van der Waals surface area contributed by atoms with E-state index in [-0.39, 0.29) is 11.4 Å². The van der Waals surface area contributed by atoms with Crippen LogP contribution in [-0.2, 0) is 0 Å². The van der Waals surface area contributed by atoms with E-state index in [9.17, 15) is 9.50 Å². The Morgan fingerprint density at radius 3 is 2.76 bits per heavy atom. The summed E-state index contributed by atoms with van der Waals surface area (Å²) in [5, 5.41) is 10.5. The fourth-order valence-electron chi connectivity index (χ4n) is 2.05. The molecule has 4 nitrogen and oxygen atoms in total. The zero-order chi connectivity index (χ0) is 15.0. The van der Waals surface area contributed by atoms with Crippen LogP contribution in [0.5, 0.6) is 17.2 Å². The summed E-state index contributed by atoms with van der Waals surface area (Å²) in [4.78, 5) is 4.18. The van der Waals surface area contributed by atoms with Crippen LogP contribution in [0.25, 0.3) is 10.9 Å². The zero-order valence-corrected chi connectivity index (χ0v) is 11.3. The number of phenols is 1. The van der Waals surface area contributed by atoms with E-state index in [4.69, 9.17) is 10.5 Å². The predicted molar refractivity (Wildman–Crippen MR) is 79.0 cm³/mol. The van der Waals surface area contributed by atoms with Crippen LogP contribution in [0.1, 0.15) is 5.56 Å². The first-order valence-corrected chi connectivity index (χ1v) is 6.36. The van der Waals surface area contributed by atoms with Gasteiger partial charge < -0.3 is 15.6 Å². The normalized spacial score (nSPS) is 10.8. The van der Waals surface area contributed by atoms with Gasteiger partial charge in [-0.3, -0.25) is 4.98 Å². The van der Waals surface area contributed by atoms with Gasteiger partial charge in [0.25, 0.3) is 0 Å². The summed E-state index contributed by atoms with van der Waals surface area (Å²) in [6.07, 6.45) is 1.57. The average Bonchev–Trinajstić information content (AvgIpc) is 2.45. The molecule has 0 saturated heterocycles. The van der Waals surface area contributed by atoms with Crippen molar-refractivity contribution in [3.63, 3.8) is 0 Å². The molecule has 0 bridgehead atoms. The molecule has 21 heavy (non-hydrogen) atoms. The van der Waals surface area contributed by atoms with Crippen molar-refractivity contribution in [3.05, 3.63) is 54.0 Å². The Morgan fingerprint density at radius 1 is 1.19 bits per heavy atom. The van der Waals surface area contributed by atoms with Gasteiger partial charge in [0, 0.05) is 23.7 Å². The van der Waals surface area contributed by atoms with Gasteiger partial charge in [0.2, 0.25) is 0 Å². The van der Waals surface area contributed by atoms with Crippen LogP contribution in [0, 0.1) is 12.7 Å². The van der Waals surface area contributed by atoms with E-state index < -0.39 is 5.82 Å². The van der Waals surface area contributed by atoms with Gasteiger partial charge >= 0.3 is 0 Å². The van der Waals surface area contributed by atoms with Crippen molar-refractivity contribution in [3.8, 4) is 17.2 Å². The van der Waals surface area contributed by atoms with Crippen molar-refractivity contribution in [1.82, 2.24) is 4.98 Å². The number of anilines is 1. The maximum atomic E-state index is 13.5. The molecule has 106 valence electrons. The zero-order valence-electron chi connectivity index (χ0n) is 11.3. The number of nitrogen functional groups attached to an aromatic ring is 1. The van der Waals surface area contributed by atoms with Crippen molar-refractivity contribution >= 4 is 16.6 Å². The van der Waals surface area contributed by atoms with Gasteiger partial charge in [-0.2, -0.15) is 0 Å². The van der Waals surface area contributed by atoms with E-state index in [1.807, 2.05) is 0 Å². The van der Waals surface area contributed by atoms with Crippen molar-refractivity contribution in [1.29, 1.82) is 0 Å². The van der Waals surface area contributed by atoms with E-state index >= 15 is 0 Å². The molecule has 0 spiro atoms. The molecule has 3 N–H and O–H groups in total. The molecule has 1 aromatic heterocycles. The van der Waals surface area contributed by atoms with Gasteiger partial charge in [-0.25, -0.2) is 4.39 Å². The maximum absolute atomic E-state index is 13.5. The predicted octanol–water partition coefficient (Wildman–Crippen LogP) is 3.76. The van der Waals surface area contributed by atoms with Crippen molar-refractivity contribution in [2.75, 3.05) is 5.73 Å². The summed E-state index contributed by atoms with van der Waals surface area (Å²) in [5.74, 6) is 0.526. The van der Waals surface area contributed by atoms with Crippen LogP contribution < -0.4 is 10.5 Å². The first-order valence-electron chi connectivity index (χ1n) is 6.36. The van der Waals surface area contributed by atoms with Gasteiger partial charge in [-0.15, -0.1) is 0 Å². The monoisotopic (exact) mass is 284 g/mol. The highest BCUT2D eigenvalue weighted by Crippen LogP contribution is 2.33. The standard InChI is InChI=1S/C16H13FN2O2/c1-9-6-11-14(8-15(9)20)19-5-4-16(11)21-10-2-3-13(18)12(17)7-10/h2-8,20H,18H2,1H3. The third kappa shape index (κ3) is 2.45. The van der Waals surface area contributed by atoms with Crippen LogP contribution in [0.15, 0.2) is 42.6 Å². The molecule has 0 aliphatic heterocycles. The second-order valence-electron chi connectivity index (χ2n) is 4.75. The molecule has 0 aliphatic rings. The smallest absolute Gasteiger partial charge is 0.149 e. The molecule has 0 aliphatic carbocycles. The molecule has 1 heterocycles. The maximum Gasteiger partial charge on any atom is 0.149 e. The van der Waals surface area contributed by atoms with Crippen LogP contribution in [0.4, 0.5) is 10.1 Å². The van der Waals surface area contributed by atoms with Crippen LogP contribution in [0.2, 0.25) is 0 Å². The number of hydrogen-bond acceptors (Lipinski definition) is 4. The van der Waals surface area contributed by atoms with Gasteiger partial charge in [-0.1, -0.05) is 0 Å². The van der Waals surface area contributed by atoms with Crippen molar-refractivity contribution < 1.29 is 14.2 Å². The third-order valence-corrected chi connectivity index (χ3v) is 3.22. The largest absolute Gasteiger partial charge is 0.508 e. The Labute approximate surface area is 120 Å². The summed E-state index contributed by atoms with van der Waals surface area (Å²) < 4.78 is 19.2. The molecule has 0 unspecified atom stereocenters. The Kier molecular flexibility index (Phi) is 3.10. The molecular weight excluding hydrogens is 271 g/mol. The minimum Gasteiger partial charge on any atom is -0.508 e. The molecule has 0 fully saturated rings. The van der Waals surface area contributed by atoms with E-state index in [0.29, 0.717) is 22.6 Å². The highest BCUT2D eigenvalue weighted by atomic mass is 19.1. The summed E-state index contributed by atoms with van der Waals surface area (Å²) in [6, 6.07) is 9.31. The summed E-state index contributed by atoms with van der Waals surface area (Å²) in [5.41, 5.74) is 6.83. The van der Waals surface area contributed by atoms with Gasteiger partial charge in [0.15, 0.2) is 0 Å². The molecule has 5 heteroatoms. The molecule has 0 amide bonds. The molecule has 0 atom stereocenters. The first kappa shape index (κ1) is 13.2. The Hall–Kier alpha value is -2.82. The lowest BCUT2D eigenvalue weighted by molar-refractivity contribution is 0.471. The molecular formula is C16H13FN2O2. The Morgan fingerprint density at radius 2 is 2.00 bits per heavy atom. The number of nitrogens with two attached hydrogens (primary N) is 1. The topological polar surface area (TPSA) is 68.4 Å². The number of phenolic OH excluding ortho intramolecular Hbond substituents is 1. The van der Waals surface area contributed by atoms with E-state index in [1.165, 1.54) is 12.1 Å². The Balaban J connectivity index is 2.07. The number of aromatic hydroxyl groups is 1. The van der Waals surface area contributed by atoms with E-state index in [0.717, 1.165) is 5.39 Å². The van der Waals surface area contributed by atoms with Crippen molar-refractivity contribution in [2.45, 2.75) is 6.92 Å². The summed E-state index contributed by atoms with van der Waals surface area (Å²) in [6.45, 7) is 1.79. The van der Waals surface area contributed by atoms with E-state index in [1.54, 1.807) is 37.4 Å². The number of hydrogen-bond donors (Lipinski definition) is 2. The van der Waals surface area contributed by atoms with Gasteiger partial charge in [0.05, 0.1) is 11.2 Å². The molecule has 3 rings (SSSR count). The quantitative estimate of drug-likeness (QED) is 0.703. The Bertz CT molecular complexity index is 834.